The second kappa shape index (κ2) is 10.2. The van der Waals surface area contributed by atoms with Crippen molar-refractivity contribution < 1.29 is 14.2 Å². The van der Waals surface area contributed by atoms with E-state index >= 15 is 0 Å². The number of likely N-dealkylation sites (tertiary alicyclic amines) is 1. The van der Waals surface area contributed by atoms with Crippen molar-refractivity contribution in [2.45, 2.75) is 72.1 Å². The molecule has 1 amide bonds. The van der Waals surface area contributed by atoms with Crippen LogP contribution < -0.4 is 5.48 Å². The standard InChI is InChI=1S/C22H27BrN4O3.C2H6/c1-13(2)19(18-12-14(3)25-29-18)21(28)27-11-5-6-17(27)20-24-22(4,30-26-20)15-7-9-16(23)10-8-15;1-2/h7-10,12-13,17,19H,5-6,11H2,1-4H3,(H,24,26);1-2H3. The Hall–Kier alpha value is -2.19. The molecule has 1 saturated heterocycles. The maximum absolute atomic E-state index is 13.5. The predicted molar refractivity (Wildman–Crippen MR) is 128 cm³/mol. The number of halogens is 1. The smallest absolute Gasteiger partial charge is 0.234 e. The lowest BCUT2D eigenvalue weighted by atomic mass is 9.91. The van der Waals surface area contributed by atoms with Crippen LogP contribution in [0.2, 0.25) is 0 Å². The van der Waals surface area contributed by atoms with Crippen molar-refractivity contribution in [1.29, 1.82) is 0 Å². The van der Waals surface area contributed by atoms with Crippen LogP contribution >= 0.6 is 15.9 Å². The van der Waals surface area contributed by atoms with Crippen molar-refractivity contribution >= 4 is 27.7 Å². The molecule has 3 unspecified atom stereocenters. The van der Waals surface area contributed by atoms with Crippen molar-refractivity contribution in [3.63, 3.8) is 0 Å². The van der Waals surface area contributed by atoms with Gasteiger partial charge in [0.2, 0.25) is 11.6 Å². The molecule has 8 heteroatoms. The molecule has 0 aliphatic carbocycles. The van der Waals surface area contributed by atoms with E-state index in [0.717, 1.165) is 28.6 Å². The van der Waals surface area contributed by atoms with E-state index in [0.29, 0.717) is 18.1 Å². The molecule has 2 aromatic rings. The predicted octanol–water partition coefficient (Wildman–Crippen LogP) is 5.31. The SMILES string of the molecule is CC.Cc1cc(C(C(=O)N2CCCC2C2=NC(C)(c3ccc(Br)cc3)ON2)C(C)C)on1. The first-order valence-electron chi connectivity index (χ1n) is 11.3. The summed E-state index contributed by atoms with van der Waals surface area (Å²) in [6.07, 6.45) is 1.77. The van der Waals surface area contributed by atoms with E-state index in [1.807, 2.05) is 76.8 Å². The van der Waals surface area contributed by atoms with Gasteiger partial charge in [-0.25, -0.2) is 15.3 Å². The molecule has 2 aliphatic heterocycles. The maximum Gasteiger partial charge on any atom is 0.234 e. The van der Waals surface area contributed by atoms with Crippen LogP contribution in [0.3, 0.4) is 0 Å². The van der Waals surface area contributed by atoms with E-state index < -0.39 is 5.72 Å². The van der Waals surface area contributed by atoms with Crippen molar-refractivity contribution in [3.8, 4) is 0 Å². The Labute approximate surface area is 198 Å². The van der Waals surface area contributed by atoms with Crippen LogP contribution in [-0.2, 0) is 15.4 Å². The molecular formula is C24H33BrN4O3. The average molecular weight is 505 g/mol. The van der Waals surface area contributed by atoms with Crippen molar-refractivity contribution in [2.75, 3.05) is 6.54 Å². The van der Waals surface area contributed by atoms with E-state index in [2.05, 4.69) is 26.6 Å². The van der Waals surface area contributed by atoms with Gasteiger partial charge in [0.15, 0.2) is 0 Å². The van der Waals surface area contributed by atoms with E-state index in [1.165, 1.54) is 0 Å². The van der Waals surface area contributed by atoms with Gasteiger partial charge >= 0.3 is 0 Å². The van der Waals surface area contributed by atoms with Gasteiger partial charge in [-0.3, -0.25) is 4.79 Å². The number of carbonyl (C=O) groups is 1. The normalized spacial score (nSPS) is 23.4. The molecule has 0 spiro atoms. The average Bonchev–Trinajstić information content (AvgIpc) is 3.50. The van der Waals surface area contributed by atoms with Crippen LogP contribution in [-0.4, -0.2) is 34.4 Å². The molecular weight excluding hydrogens is 472 g/mol. The van der Waals surface area contributed by atoms with Crippen LogP contribution in [0.15, 0.2) is 44.3 Å². The lowest BCUT2D eigenvalue weighted by molar-refractivity contribution is -0.134. The van der Waals surface area contributed by atoms with Gasteiger partial charge in [0, 0.05) is 22.6 Å². The van der Waals surface area contributed by atoms with Crippen LogP contribution in [0.25, 0.3) is 0 Å². The highest BCUT2D eigenvalue weighted by Gasteiger charge is 2.43. The third-order valence-electron chi connectivity index (χ3n) is 5.80. The zero-order chi connectivity index (χ0) is 23.5. The third kappa shape index (κ3) is 4.91. The number of benzene rings is 1. The van der Waals surface area contributed by atoms with Crippen LogP contribution in [0.5, 0.6) is 0 Å². The van der Waals surface area contributed by atoms with Gasteiger partial charge in [0.05, 0.1) is 11.7 Å². The Bertz CT molecular complexity index is 956. The van der Waals surface area contributed by atoms with E-state index in [4.69, 9.17) is 14.4 Å². The lowest BCUT2D eigenvalue weighted by Crippen LogP contribution is -2.46. The summed E-state index contributed by atoms with van der Waals surface area (Å²) in [5.41, 5.74) is 3.91. The number of hydroxylamine groups is 1. The van der Waals surface area contributed by atoms with Gasteiger partial charge in [-0.05, 0) is 44.7 Å². The Morgan fingerprint density at radius 2 is 1.97 bits per heavy atom. The number of nitrogens with one attached hydrogen (secondary N) is 1. The molecule has 3 atom stereocenters. The van der Waals surface area contributed by atoms with E-state index in [1.54, 1.807) is 0 Å². The summed E-state index contributed by atoms with van der Waals surface area (Å²) in [5, 5.41) is 3.98. The van der Waals surface area contributed by atoms with Gasteiger partial charge in [0.25, 0.3) is 0 Å². The summed E-state index contributed by atoms with van der Waals surface area (Å²) in [6, 6.07) is 9.62. The minimum atomic E-state index is -0.827. The number of aliphatic imine (C=N–C) groups is 1. The molecule has 1 aromatic carbocycles. The van der Waals surface area contributed by atoms with E-state index in [9.17, 15) is 4.79 Å². The summed E-state index contributed by atoms with van der Waals surface area (Å²) in [7, 11) is 0. The van der Waals surface area contributed by atoms with Gasteiger partial charge in [0.1, 0.15) is 17.5 Å². The molecule has 1 N–H and O–H groups in total. The number of amides is 1. The van der Waals surface area contributed by atoms with E-state index in [-0.39, 0.29) is 23.8 Å². The number of rotatable bonds is 5. The fourth-order valence-corrected chi connectivity index (χ4v) is 4.48. The zero-order valence-corrected chi connectivity index (χ0v) is 21.3. The molecule has 1 aromatic heterocycles. The van der Waals surface area contributed by atoms with Crippen molar-refractivity contribution in [2.24, 2.45) is 10.9 Å². The van der Waals surface area contributed by atoms with Crippen molar-refractivity contribution in [1.82, 2.24) is 15.5 Å². The highest BCUT2D eigenvalue weighted by molar-refractivity contribution is 9.10. The summed E-state index contributed by atoms with van der Waals surface area (Å²) in [4.78, 5) is 26.2. The minimum absolute atomic E-state index is 0.0467. The minimum Gasteiger partial charge on any atom is -0.360 e. The Morgan fingerprint density at radius 3 is 2.56 bits per heavy atom. The first-order valence-corrected chi connectivity index (χ1v) is 12.1. The number of hydrogen-bond acceptors (Lipinski definition) is 6. The maximum atomic E-state index is 13.5. The van der Waals surface area contributed by atoms with Gasteiger partial charge in [-0.1, -0.05) is 60.9 Å². The molecule has 1 fully saturated rings. The largest absolute Gasteiger partial charge is 0.360 e. The molecule has 0 radical (unpaired) electrons. The zero-order valence-electron chi connectivity index (χ0n) is 19.7. The van der Waals surface area contributed by atoms with Crippen LogP contribution in [0.4, 0.5) is 0 Å². The topological polar surface area (TPSA) is 80.0 Å². The quantitative estimate of drug-likeness (QED) is 0.596. The molecule has 174 valence electrons. The summed E-state index contributed by atoms with van der Waals surface area (Å²) in [5.74, 6) is 1.09. The first-order chi connectivity index (χ1) is 15.3. The molecule has 7 nitrogen and oxygen atoms in total. The second-order valence-corrected chi connectivity index (χ2v) is 9.39. The molecule has 2 aliphatic rings. The number of aryl methyl sites for hydroxylation is 1. The van der Waals surface area contributed by atoms with Crippen LogP contribution in [0, 0.1) is 12.8 Å². The van der Waals surface area contributed by atoms with Crippen molar-refractivity contribution in [3.05, 3.63) is 51.8 Å². The lowest BCUT2D eigenvalue weighted by Gasteiger charge is -2.29. The number of amidine groups is 1. The van der Waals surface area contributed by atoms with Crippen LogP contribution in [0.1, 0.15) is 70.4 Å². The second-order valence-electron chi connectivity index (χ2n) is 8.47. The Balaban J connectivity index is 0.00000141. The number of aromatic nitrogens is 1. The fourth-order valence-electron chi connectivity index (χ4n) is 4.21. The first kappa shape index (κ1) is 24.5. The van der Waals surface area contributed by atoms with Gasteiger partial charge < -0.3 is 9.42 Å². The summed E-state index contributed by atoms with van der Waals surface area (Å²) >= 11 is 3.46. The summed E-state index contributed by atoms with van der Waals surface area (Å²) in [6.45, 7) is 12.5. The third-order valence-corrected chi connectivity index (χ3v) is 6.33. The number of carbonyl (C=O) groups excluding carboxylic acids is 1. The Kier molecular flexibility index (Phi) is 7.77. The number of nitrogens with zero attached hydrogens (tertiary/aromatic N) is 3. The Morgan fingerprint density at radius 1 is 1.28 bits per heavy atom. The molecule has 4 rings (SSSR count). The fraction of sp³-hybridized carbons (Fsp3) is 0.542. The molecule has 0 bridgehead atoms. The highest BCUT2D eigenvalue weighted by atomic mass is 79.9. The number of hydrogen-bond donors (Lipinski definition) is 1. The highest BCUT2D eigenvalue weighted by Crippen LogP contribution is 2.35. The molecule has 3 heterocycles. The monoisotopic (exact) mass is 504 g/mol. The molecule has 32 heavy (non-hydrogen) atoms. The van der Waals surface area contributed by atoms with Gasteiger partial charge in [-0.2, -0.15) is 0 Å². The summed E-state index contributed by atoms with van der Waals surface area (Å²) < 4.78 is 6.46. The molecule has 0 saturated carbocycles. The van der Waals surface area contributed by atoms with Gasteiger partial charge in [-0.15, -0.1) is 0 Å².